The summed E-state index contributed by atoms with van der Waals surface area (Å²) in [6.07, 6.45) is -0.288. The number of rotatable bonds is 5. The normalized spacial score (nSPS) is 33.9. The third-order valence-corrected chi connectivity index (χ3v) is 1.64. The Balaban J connectivity index is 2.44. The molecule has 0 aliphatic carbocycles. The fourth-order valence-corrected chi connectivity index (χ4v) is 1.13. The first-order valence-corrected chi connectivity index (χ1v) is 4.82. The molecule has 1 rings (SSSR count). The van der Waals surface area contributed by atoms with E-state index in [0.717, 1.165) is 6.42 Å². The molecule has 4 nitrogen and oxygen atoms in total. The van der Waals surface area contributed by atoms with E-state index in [4.69, 9.17) is 18.9 Å². The zero-order valence-corrected chi connectivity index (χ0v) is 8.54. The average Bonchev–Trinajstić information content (AvgIpc) is 2.46. The highest BCUT2D eigenvalue weighted by Crippen LogP contribution is 2.26. The molecular formula is C9H18O4. The van der Waals surface area contributed by atoms with Crippen molar-refractivity contribution in [3.8, 4) is 0 Å². The molecule has 1 fully saturated rings. The topological polar surface area (TPSA) is 36.9 Å². The van der Waals surface area contributed by atoms with E-state index in [-0.39, 0.29) is 6.10 Å². The Morgan fingerprint density at radius 2 is 2.15 bits per heavy atom. The molecule has 13 heavy (non-hydrogen) atoms. The summed E-state index contributed by atoms with van der Waals surface area (Å²) in [6.45, 7) is 7.44. The Labute approximate surface area is 79.1 Å². The lowest BCUT2D eigenvalue weighted by atomic mass is 10.5. The summed E-state index contributed by atoms with van der Waals surface area (Å²) in [5, 5.41) is 0. The van der Waals surface area contributed by atoms with Gasteiger partial charge in [-0.25, -0.2) is 0 Å². The van der Waals surface area contributed by atoms with Crippen LogP contribution in [0.4, 0.5) is 0 Å². The fraction of sp³-hybridized carbons (Fsp3) is 1.00. The van der Waals surface area contributed by atoms with Crippen molar-refractivity contribution in [2.75, 3.05) is 19.8 Å². The first-order chi connectivity index (χ1) is 6.22. The van der Waals surface area contributed by atoms with E-state index >= 15 is 0 Å². The van der Waals surface area contributed by atoms with Crippen molar-refractivity contribution in [2.45, 2.75) is 39.5 Å². The molecule has 78 valence electrons. The van der Waals surface area contributed by atoms with Crippen LogP contribution >= 0.6 is 0 Å². The van der Waals surface area contributed by atoms with Crippen LogP contribution in [0.2, 0.25) is 0 Å². The smallest absolute Gasteiger partial charge is 0.304 e. The SMILES string of the molecule is CCCOC1(OCC)OCC(C)O1. The number of ether oxygens (including phenoxy) is 4. The summed E-state index contributed by atoms with van der Waals surface area (Å²) in [7, 11) is 0. The molecule has 0 saturated carbocycles. The Kier molecular flexibility index (Phi) is 4.12. The molecule has 0 bridgehead atoms. The van der Waals surface area contributed by atoms with Crippen molar-refractivity contribution in [1.82, 2.24) is 0 Å². The monoisotopic (exact) mass is 190 g/mol. The maximum atomic E-state index is 5.42. The molecule has 0 radical (unpaired) electrons. The summed E-state index contributed by atoms with van der Waals surface area (Å²) in [6, 6.07) is 0. The van der Waals surface area contributed by atoms with Crippen LogP contribution in [0.5, 0.6) is 0 Å². The highest BCUT2D eigenvalue weighted by atomic mass is 17.0. The third-order valence-electron chi connectivity index (χ3n) is 1.64. The van der Waals surface area contributed by atoms with Crippen molar-refractivity contribution in [2.24, 2.45) is 0 Å². The highest BCUT2D eigenvalue weighted by Gasteiger charge is 2.42. The van der Waals surface area contributed by atoms with Crippen LogP contribution in [-0.4, -0.2) is 32.1 Å². The predicted molar refractivity (Wildman–Crippen MR) is 47.1 cm³/mol. The minimum atomic E-state index is -1.23. The predicted octanol–water partition coefficient (Wildman–Crippen LogP) is 1.50. The van der Waals surface area contributed by atoms with Gasteiger partial charge in [-0.3, -0.25) is 4.74 Å². The van der Waals surface area contributed by atoms with Gasteiger partial charge < -0.3 is 14.2 Å². The largest absolute Gasteiger partial charge is 0.413 e. The molecule has 1 saturated heterocycles. The Hall–Kier alpha value is -0.160. The number of hydrogen-bond acceptors (Lipinski definition) is 4. The Morgan fingerprint density at radius 3 is 2.62 bits per heavy atom. The van der Waals surface area contributed by atoms with E-state index in [0.29, 0.717) is 19.8 Å². The van der Waals surface area contributed by atoms with Gasteiger partial charge in [0.05, 0.1) is 25.9 Å². The fourth-order valence-electron chi connectivity index (χ4n) is 1.13. The van der Waals surface area contributed by atoms with Gasteiger partial charge in [0.1, 0.15) is 0 Å². The van der Waals surface area contributed by atoms with Crippen molar-refractivity contribution in [3.63, 3.8) is 0 Å². The molecule has 2 unspecified atom stereocenters. The second-order valence-corrected chi connectivity index (χ2v) is 3.02. The second-order valence-electron chi connectivity index (χ2n) is 3.02. The van der Waals surface area contributed by atoms with Gasteiger partial charge in [0.25, 0.3) is 0 Å². The van der Waals surface area contributed by atoms with E-state index in [1.165, 1.54) is 0 Å². The summed E-state index contributed by atoms with van der Waals surface area (Å²) in [4.78, 5) is 0. The van der Waals surface area contributed by atoms with Crippen LogP contribution in [0, 0.1) is 0 Å². The first kappa shape index (κ1) is 10.9. The molecule has 0 amide bonds. The van der Waals surface area contributed by atoms with Crippen molar-refractivity contribution >= 4 is 0 Å². The third kappa shape index (κ3) is 2.91. The van der Waals surface area contributed by atoms with E-state index < -0.39 is 6.16 Å². The summed E-state index contributed by atoms with van der Waals surface area (Å²) in [5.74, 6) is 0. The van der Waals surface area contributed by atoms with Gasteiger partial charge in [-0.15, -0.1) is 0 Å². The van der Waals surface area contributed by atoms with Crippen LogP contribution in [0.25, 0.3) is 0 Å². The highest BCUT2D eigenvalue weighted by molar-refractivity contribution is 4.59. The van der Waals surface area contributed by atoms with Gasteiger partial charge >= 0.3 is 6.16 Å². The molecule has 1 aliphatic heterocycles. The molecule has 0 aromatic carbocycles. The second kappa shape index (κ2) is 4.91. The molecule has 4 heteroatoms. The minimum Gasteiger partial charge on any atom is -0.304 e. The van der Waals surface area contributed by atoms with E-state index in [2.05, 4.69) is 0 Å². The quantitative estimate of drug-likeness (QED) is 0.615. The van der Waals surface area contributed by atoms with Crippen LogP contribution < -0.4 is 0 Å². The van der Waals surface area contributed by atoms with Crippen LogP contribution in [0.15, 0.2) is 0 Å². The molecule has 0 N–H and O–H groups in total. The summed E-state index contributed by atoms with van der Waals surface area (Å²) >= 11 is 0. The lowest BCUT2D eigenvalue weighted by molar-refractivity contribution is -0.465. The molecular weight excluding hydrogens is 172 g/mol. The molecule has 0 aromatic heterocycles. The van der Waals surface area contributed by atoms with Gasteiger partial charge in [0, 0.05) is 0 Å². The zero-order valence-electron chi connectivity index (χ0n) is 8.54. The lowest BCUT2D eigenvalue weighted by Gasteiger charge is -2.25. The van der Waals surface area contributed by atoms with Crippen LogP contribution in [0.3, 0.4) is 0 Å². The molecule has 0 aromatic rings. The Bertz CT molecular complexity index is 147. The van der Waals surface area contributed by atoms with E-state index in [9.17, 15) is 0 Å². The van der Waals surface area contributed by atoms with Crippen molar-refractivity contribution in [3.05, 3.63) is 0 Å². The maximum absolute atomic E-state index is 5.42. The molecule has 2 atom stereocenters. The van der Waals surface area contributed by atoms with Gasteiger partial charge in [-0.2, -0.15) is 0 Å². The number of hydrogen-bond donors (Lipinski definition) is 0. The van der Waals surface area contributed by atoms with Gasteiger partial charge in [-0.1, -0.05) is 6.92 Å². The summed E-state index contributed by atoms with van der Waals surface area (Å²) in [5.41, 5.74) is 0. The van der Waals surface area contributed by atoms with E-state index in [1.54, 1.807) is 0 Å². The molecule has 0 spiro atoms. The zero-order chi connectivity index (χ0) is 9.73. The minimum absolute atomic E-state index is 0.0309. The van der Waals surface area contributed by atoms with Crippen molar-refractivity contribution < 1.29 is 18.9 Å². The standard InChI is InChI=1S/C9H18O4/c1-4-6-11-9(10-5-2)12-7-8(3)13-9/h8H,4-7H2,1-3H3. The lowest BCUT2D eigenvalue weighted by Crippen LogP contribution is -2.38. The summed E-state index contributed by atoms with van der Waals surface area (Å²) < 4.78 is 21.4. The maximum Gasteiger partial charge on any atom is 0.413 e. The Morgan fingerprint density at radius 1 is 1.38 bits per heavy atom. The van der Waals surface area contributed by atoms with Crippen molar-refractivity contribution in [1.29, 1.82) is 0 Å². The van der Waals surface area contributed by atoms with Crippen LogP contribution in [0.1, 0.15) is 27.2 Å². The van der Waals surface area contributed by atoms with E-state index in [1.807, 2.05) is 20.8 Å². The van der Waals surface area contributed by atoms with Gasteiger partial charge in [0.15, 0.2) is 0 Å². The average molecular weight is 190 g/mol. The first-order valence-electron chi connectivity index (χ1n) is 4.82. The molecule has 1 heterocycles. The van der Waals surface area contributed by atoms with Gasteiger partial charge in [-0.05, 0) is 20.3 Å². The molecule has 1 aliphatic rings. The van der Waals surface area contributed by atoms with Gasteiger partial charge in [0.2, 0.25) is 0 Å². The van der Waals surface area contributed by atoms with Crippen LogP contribution in [-0.2, 0) is 18.9 Å².